The first kappa shape index (κ1) is 32.9. The van der Waals surface area contributed by atoms with E-state index >= 15 is 0 Å². The van der Waals surface area contributed by atoms with Gasteiger partial charge in [0, 0.05) is 0 Å². The van der Waals surface area contributed by atoms with Crippen LogP contribution in [0.5, 0.6) is 0 Å². The molecule has 0 saturated carbocycles. The lowest BCUT2D eigenvalue weighted by Crippen LogP contribution is -2.44. The van der Waals surface area contributed by atoms with Crippen LogP contribution in [0.1, 0.15) is 87.2 Å². The Labute approximate surface area is 257 Å². The monoisotopic (exact) mass is 587 g/mol. The number of rotatable bonds is 15. The number of piperidine rings is 1. The number of ether oxygens (including phenoxy) is 1. The van der Waals surface area contributed by atoms with E-state index in [2.05, 4.69) is 4.90 Å². The molecule has 1 heterocycles. The summed E-state index contributed by atoms with van der Waals surface area (Å²) < 4.78 is 5.45. The highest BCUT2D eigenvalue weighted by atomic mass is 16.5. The fourth-order valence-corrected chi connectivity index (χ4v) is 6.65. The van der Waals surface area contributed by atoms with E-state index in [1.165, 1.54) is 0 Å². The van der Waals surface area contributed by atoms with Gasteiger partial charge < -0.3 is 25.0 Å². The van der Waals surface area contributed by atoms with Crippen LogP contribution in [0.4, 0.5) is 0 Å². The lowest BCUT2D eigenvalue weighted by Gasteiger charge is -2.42. The molecule has 6 heteroatoms. The van der Waals surface area contributed by atoms with Crippen molar-refractivity contribution in [2.24, 2.45) is 5.92 Å². The number of hydrogen-bond donors (Lipinski definition) is 3. The van der Waals surface area contributed by atoms with Crippen molar-refractivity contribution in [3.8, 4) is 0 Å². The minimum Gasteiger partial charge on any atom is -0.465 e. The molecule has 0 aliphatic carbocycles. The third kappa shape index (κ3) is 7.55. The van der Waals surface area contributed by atoms with Gasteiger partial charge in [-0.05, 0) is 86.3 Å². The number of benzene rings is 3. The summed E-state index contributed by atoms with van der Waals surface area (Å²) in [5, 5.41) is 33.3. The van der Waals surface area contributed by atoms with E-state index in [0.29, 0.717) is 19.4 Å². The fraction of sp³-hybridized carbons (Fsp3) is 0.486. The maximum atomic E-state index is 12.9. The van der Waals surface area contributed by atoms with Crippen LogP contribution < -0.4 is 0 Å². The van der Waals surface area contributed by atoms with Crippen molar-refractivity contribution in [3.05, 3.63) is 107 Å². The zero-order valence-electron chi connectivity index (χ0n) is 25.8. The lowest BCUT2D eigenvalue weighted by molar-refractivity contribution is -0.153. The van der Waals surface area contributed by atoms with Gasteiger partial charge in [0.05, 0.1) is 19.3 Å². The quantitative estimate of drug-likeness (QED) is 0.185. The van der Waals surface area contributed by atoms with Crippen LogP contribution in [-0.2, 0) is 20.5 Å². The second kappa shape index (κ2) is 15.6. The predicted octanol–water partition coefficient (Wildman–Crippen LogP) is 6.13. The van der Waals surface area contributed by atoms with Crippen LogP contribution in [0.25, 0.3) is 0 Å². The van der Waals surface area contributed by atoms with E-state index in [0.717, 1.165) is 74.0 Å². The second-order valence-corrected chi connectivity index (χ2v) is 12.0. The smallest absolute Gasteiger partial charge is 0.318 e. The molecule has 0 amide bonds. The molecule has 0 bridgehead atoms. The van der Waals surface area contributed by atoms with Crippen molar-refractivity contribution in [1.29, 1.82) is 0 Å². The van der Waals surface area contributed by atoms with Gasteiger partial charge in [-0.25, -0.2) is 0 Å². The van der Waals surface area contributed by atoms with Gasteiger partial charge in [0.1, 0.15) is 11.0 Å². The number of likely N-dealkylation sites (tertiary alicyclic amines) is 1. The van der Waals surface area contributed by atoms with Crippen molar-refractivity contribution >= 4 is 5.97 Å². The first-order valence-electron chi connectivity index (χ1n) is 16.0. The molecular formula is C37H49NO5. The number of hydrogen-bond acceptors (Lipinski definition) is 6. The maximum absolute atomic E-state index is 12.9. The molecule has 0 aromatic heterocycles. The molecule has 3 aromatic rings. The summed E-state index contributed by atoms with van der Waals surface area (Å²) in [5.74, 6) is -0.266. The Morgan fingerprint density at radius 1 is 0.884 bits per heavy atom. The molecule has 1 saturated heterocycles. The highest BCUT2D eigenvalue weighted by molar-refractivity contribution is 5.83. The van der Waals surface area contributed by atoms with E-state index < -0.39 is 17.1 Å². The molecule has 1 fully saturated rings. The van der Waals surface area contributed by atoms with E-state index in [1.807, 2.05) is 98.8 Å². The van der Waals surface area contributed by atoms with Gasteiger partial charge in [0.2, 0.25) is 0 Å². The van der Waals surface area contributed by atoms with Crippen LogP contribution in [-0.4, -0.2) is 59.0 Å². The predicted molar refractivity (Wildman–Crippen MR) is 171 cm³/mol. The topological polar surface area (TPSA) is 90.2 Å². The minimum atomic E-state index is -1.08. The van der Waals surface area contributed by atoms with Gasteiger partial charge in [0.25, 0.3) is 0 Å². The molecular weight excluding hydrogens is 538 g/mol. The Morgan fingerprint density at radius 3 is 1.98 bits per heavy atom. The SMILES string of the molecule is CCCOC(=O)C(CO)(CCC)c1ccc(C(O)CCCN2CCC(C(O)(c3ccccc3)c3ccccc3)CC2)cc1. The van der Waals surface area contributed by atoms with Crippen molar-refractivity contribution in [2.45, 2.75) is 75.9 Å². The molecule has 1 aliphatic heterocycles. The van der Waals surface area contributed by atoms with Crippen molar-refractivity contribution in [2.75, 3.05) is 32.8 Å². The number of carbonyl (C=O) groups is 1. The number of carbonyl (C=O) groups excluding carboxylic acids is 1. The van der Waals surface area contributed by atoms with Gasteiger partial charge in [-0.2, -0.15) is 0 Å². The van der Waals surface area contributed by atoms with Crippen LogP contribution in [0, 0.1) is 5.92 Å². The molecule has 3 aromatic carbocycles. The number of aliphatic hydroxyl groups excluding tert-OH is 2. The molecule has 1 aliphatic rings. The van der Waals surface area contributed by atoms with Crippen molar-refractivity contribution in [1.82, 2.24) is 4.90 Å². The Bertz CT molecular complexity index is 1200. The Kier molecular flexibility index (Phi) is 11.9. The third-order valence-corrected chi connectivity index (χ3v) is 9.18. The summed E-state index contributed by atoms with van der Waals surface area (Å²) in [6, 6.07) is 27.5. The third-order valence-electron chi connectivity index (χ3n) is 9.18. The standard InChI is InChI=1S/C37H49NO5/c1-3-23-36(28-39,35(41)43-27-4-2)30-19-17-29(18-20-30)34(40)16-11-24-38-25-21-33(22-26-38)37(42,31-12-7-5-8-13-31)32-14-9-6-10-15-32/h5-10,12-15,17-20,33-34,39-40,42H,3-4,11,16,21-28H2,1-2H3. The second-order valence-electron chi connectivity index (χ2n) is 12.0. The molecule has 0 radical (unpaired) electrons. The average molecular weight is 588 g/mol. The molecule has 2 atom stereocenters. The molecule has 2 unspecified atom stereocenters. The van der Waals surface area contributed by atoms with E-state index in [9.17, 15) is 20.1 Å². The van der Waals surface area contributed by atoms with Crippen LogP contribution in [0.15, 0.2) is 84.9 Å². The normalized spacial score (nSPS) is 16.9. The van der Waals surface area contributed by atoms with E-state index in [1.54, 1.807) is 0 Å². The van der Waals surface area contributed by atoms with Crippen LogP contribution in [0.2, 0.25) is 0 Å². The van der Waals surface area contributed by atoms with E-state index in [4.69, 9.17) is 4.74 Å². The summed E-state index contributed by atoms with van der Waals surface area (Å²) in [6.07, 6.45) is 4.65. The largest absolute Gasteiger partial charge is 0.465 e. The van der Waals surface area contributed by atoms with Gasteiger partial charge >= 0.3 is 5.97 Å². The highest BCUT2D eigenvalue weighted by Gasteiger charge is 2.42. The number of esters is 1. The summed E-state index contributed by atoms with van der Waals surface area (Å²) in [6.45, 7) is 6.67. The van der Waals surface area contributed by atoms with Gasteiger partial charge in [-0.3, -0.25) is 4.79 Å². The Hall–Kier alpha value is -3.03. The first-order valence-corrected chi connectivity index (χ1v) is 16.0. The molecule has 232 valence electrons. The van der Waals surface area contributed by atoms with Gasteiger partial charge in [0.15, 0.2) is 0 Å². The summed E-state index contributed by atoms with van der Waals surface area (Å²) in [5.41, 5.74) is 1.32. The van der Waals surface area contributed by atoms with E-state index in [-0.39, 0.29) is 18.5 Å². The van der Waals surface area contributed by atoms with Crippen molar-refractivity contribution in [3.63, 3.8) is 0 Å². The average Bonchev–Trinajstić information content (AvgIpc) is 3.07. The fourth-order valence-electron chi connectivity index (χ4n) is 6.65. The summed E-state index contributed by atoms with van der Waals surface area (Å²) in [7, 11) is 0. The van der Waals surface area contributed by atoms with Gasteiger partial charge in [-0.1, -0.05) is 105 Å². The van der Waals surface area contributed by atoms with Crippen LogP contribution >= 0.6 is 0 Å². The zero-order valence-corrected chi connectivity index (χ0v) is 25.8. The van der Waals surface area contributed by atoms with Gasteiger partial charge in [-0.15, -0.1) is 0 Å². The Morgan fingerprint density at radius 2 is 1.47 bits per heavy atom. The van der Waals surface area contributed by atoms with Crippen LogP contribution in [0.3, 0.4) is 0 Å². The minimum absolute atomic E-state index is 0.121. The number of aliphatic hydroxyl groups is 3. The molecule has 0 spiro atoms. The molecule has 4 rings (SSSR count). The summed E-state index contributed by atoms with van der Waals surface area (Å²) >= 11 is 0. The summed E-state index contributed by atoms with van der Waals surface area (Å²) in [4.78, 5) is 15.4. The first-order chi connectivity index (χ1) is 20.9. The molecule has 3 N–H and O–H groups in total. The Balaban J connectivity index is 1.32. The molecule has 43 heavy (non-hydrogen) atoms. The maximum Gasteiger partial charge on any atom is 0.318 e. The zero-order chi connectivity index (χ0) is 30.7. The number of nitrogens with zero attached hydrogens (tertiary/aromatic N) is 1. The highest BCUT2D eigenvalue weighted by Crippen LogP contribution is 2.42. The lowest BCUT2D eigenvalue weighted by atomic mass is 9.72. The van der Waals surface area contributed by atoms with Crippen molar-refractivity contribution < 1.29 is 24.9 Å². The molecule has 6 nitrogen and oxygen atoms in total.